The molecule has 0 unspecified atom stereocenters. The summed E-state index contributed by atoms with van der Waals surface area (Å²) in [6.07, 6.45) is 0. The first kappa shape index (κ1) is 22.4. The molecule has 0 N–H and O–H groups in total. The van der Waals surface area contributed by atoms with Crippen molar-refractivity contribution in [2.75, 3.05) is 39.3 Å². The number of rotatable bonds is 0. The minimum Gasteiger partial charge on any atom is -0.665 e. The molecule has 0 fully saturated rings. The minimum atomic E-state index is 0. The van der Waals surface area contributed by atoms with E-state index in [-0.39, 0.29) is 29.8 Å². The molecule has 22 heavy (non-hydrogen) atoms. The fraction of sp³-hybridized carbons (Fsp3) is 0.615. The standard InChI is InChI=1S/C13H19N5.3ClH.Fe.3H2/c1-2-12-10-16-8-6-14-4-5-15-7-9-17-11-13(3-1)18-12;;;;;;;/h1-3H,4-11H2;3*1H;;3*1H/q-4;;;;+2;;;/p-3. The average molecular weight is 414 g/mol. The molecule has 0 aliphatic carbocycles. The van der Waals surface area contributed by atoms with E-state index in [2.05, 4.69) is 26.3 Å². The third kappa shape index (κ3) is 11.9. The summed E-state index contributed by atoms with van der Waals surface area (Å²) in [5, 5.41) is 17.6. The van der Waals surface area contributed by atoms with Crippen molar-refractivity contribution in [1.82, 2.24) is 4.98 Å². The van der Waals surface area contributed by atoms with Gasteiger partial charge in [0, 0.05) is 15.7 Å². The van der Waals surface area contributed by atoms with Gasteiger partial charge in [-0.25, -0.2) is 0 Å². The quantitative estimate of drug-likeness (QED) is 0.597. The smallest absolute Gasteiger partial charge is 0.0201 e. The van der Waals surface area contributed by atoms with Crippen LogP contribution in [-0.4, -0.2) is 44.3 Å². The monoisotopic (exact) mass is 412 g/mol. The predicted octanol–water partition coefficient (Wildman–Crippen LogP) is 1.71. The molecule has 136 valence electrons. The zero-order valence-electron chi connectivity index (χ0n) is 12.1. The number of pyridine rings is 1. The van der Waals surface area contributed by atoms with Gasteiger partial charge in [-0.15, -0.1) is 13.1 Å². The van der Waals surface area contributed by atoms with Crippen molar-refractivity contribution in [2.24, 2.45) is 0 Å². The van der Waals surface area contributed by atoms with E-state index in [4.69, 9.17) is 20.2 Å². The van der Waals surface area contributed by atoms with E-state index in [0.29, 0.717) is 13.1 Å². The molecular weight excluding hydrogens is 388 g/mol. The van der Waals surface area contributed by atoms with Crippen molar-refractivity contribution in [3.05, 3.63) is 50.9 Å². The van der Waals surface area contributed by atoms with Crippen molar-refractivity contribution >= 4 is 20.2 Å². The van der Waals surface area contributed by atoms with Crippen molar-refractivity contribution in [1.29, 1.82) is 0 Å². The summed E-state index contributed by atoms with van der Waals surface area (Å²) >= 11 is 0.194. The Morgan fingerprint density at radius 2 is 1.18 bits per heavy atom. The molecule has 0 radical (unpaired) electrons. The van der Waals surface area contributed by atoms with Crippen LogP contribution in [0, 0.1) is 0 Å². The molecule has 0 saturated carbocycles. The Balaban J connectivity index is -0.000000295. The molecular formula is C13H25Cl3FeN5-5. The van der Waals surface area contributed by atoms with Crippen molar-refractivity contribution in [3.63, 3.8) is 0 Å². The molecule has 1 aromatic rings. The van der Waals surface area contributed by atoms with Gasteiger partial charge in [-0.2, -0.15) is 39.3 Å². The first-order valence-electron chi connectivity index (χ1n) is 6.70. The van der Waals surface area contributed by atoms with Crippen molar-refractivity contribution in [3.8, 4) is 0 Å². The first-order chi connectivity index (χ1) is 10.4. The normalized spacial score (nSPS) is 17.2. The van der Waals surface area contributed by atoms with Gasteiger partial charge in [0.1, 0.15) is 0 Å². The molecule has 5 nitrogen and oxygen atoms in total. The zero-order valence-corrected chi connectivity index (χ0v) is 15.5. The topological polar surface area (TPSA) is 69.3 Å². The average Bonchev–Trinajstić information content (AvgIpc) is 2.49. The van der Waals surface area contributed by atoms with Crippen LogP contribution in [-0.2, 0) is 26.2 Å². The Hall–Kier alpha value is 0.379. The number of aromatic nitrogens is 1. The third-order valence-electron chi connectivity index (χ3n) is 2.66. The van der Waals surface area contributed by atoms with Crippen LogP contribution in [0.4, 0.5) is 0 Å². The van der Waals surface area contributed by atoms with Crippen LogP contribution in [0.5, 0.6) is 0 Å². The van der Waals surface area contributed by atoms with Crippen LogP contribution >= 0.6 is 20.2 Å². The van der Waals surface area contributed by atoms with Crippen molar-refractivity contribution < 1.29 is 29.8 Å². The van der Waals surface area contributed by atoms with E-state index in [1.165, 1.54) is 0 Å². The number of nitrogens with zero attached hydrogens (tertiary/aromatic N) is 5. The Morgan fingerprint density at radius 1 is 0.818 bits per heavy atom. The molecule has 9 heteroatoms. The Bertz CT molecular complexity index is 357. The second-order valence-corrected chi connectivity index (χ2v) is 6.05. The van der Waals surface area contributed by atoms with Crippen LogP contribution in [0.3, 0.4) is 0 Å². The maximum absolute atomic E-state index is 4.76. The van der Waals surface area contributed by atoms with Gasteiger partial charge in [0.15, 0.2) is 0 Å². The summed E-state index contributed by atoms with van der Waals surface area (Å²) in [5.74, 6) is 0. The summed E-state index contributed by atoms with van der Waals surface area (Å²) in [6, 6.07) is 6.05. The van der Waals surface area contributed by atoms with Gasteiger partial charge in [0.2, 0.25) is 0 Å². The summed E-state index contributed by atoms with van der Waals surface area (Å²) in [6.45, 7) is 6.09. The van der Waals surface area contributed by atoms with Crippen LogP contribution in [0.15, 0.2) is 18.2 Å². The fourth-order valence-corrected chi connectivity index (χ4v) is 1.74. The van der Waals surface area contributed by atoms with Crippen LogP contribution in [0.2, 0.25) is 0 Å². The van der Waals surface area contributed by atoms with E-state index in [1.54, 1.807) is 0 Å². The first-order valence-corrected chi connectivity index (χ1v) is 9.73. The Morgan fingerprint density at radius 3 is 1.59 bits per heavy atom. The molecule has 2 rings (SSSR count). The Kier molecular flexibility index (Phi) is 16.5. The van der Waals surface area contributed by atoms with Gasteiger partial charge < -0.3 is 33.7 Å². The van der Waals surface area contributed by atoms with E-state index < -0.39 is 0 Å². The molecule has 1 aliphatic rings. The SMILES string of the molecule is [Cl-].[Cl][Fe][Cl].[HH].[HH].[HH].c1cc2nc(c1)C[N-]CC[N-]CC[N-]CC[N-]C2. The third-order valence-corrected chi connectivity index (χ3v) is 2.66. The van der Waals surface area contributed by atoms with Crippen LogP contribution in [0.25, 0.3) is 21.3 Å². The zero-order chi connectivity index (χ0) is 15.2. The number of hydrogen-bond donors (Lipinski definition) is 0. The Labute approximate surface area is 158 Å². The maximum atomic E-state index is 4.76. The second kappa shape index (κ2) is 16.2. The molecule has 0 aromatic carbocycles. The summed E-state index contributed by atoms with van der Waals surface area (Å²) in [7, 11) is 9.53. The molecule has 2 bridgehead atoms. The summed E-state index contributed by atoms with van der Waals surface area (Å²) in [4.78, 5) is 4.53. The molecule has 0 amide bonds. The van der Waals surface area contributed by atoms with Gasteiger partial charge in [-0.3, -0.25) is 4.98 Å². The van der Waals surface area contributed by atoms with Crippen LogP contribution in [0.1, 0.15) is 15.7 Å². The minimum absolute atomic E-state index is 0. The molecule has 1 aliphatic heterocycles. The number of halogens is 3. The molecule has 2 heterocycles. The van der Waals surface area contributed by atoms with E-state index in [1.807, 2.05) is 18.2 Å². The van der Waals surface area contributed by atoms with Gasteiger partial charge in [-0.1, -0.05) is 6.07 Å². The largest absolute Gasteiger partial charge is 0.665 e. The van der Waals surface area contributed by atoms with Gasteiger partial charge >= 0.3 is 33.3 Å². The van der Waals surface area contributed by atoms with E-state index in [9.17, 15) is 0 Å². The van der Waals surface area contributed by atoms with E-state index in [0.717, 1.165) is 50.7 Å². The summed E-state index contributed by atoms with van der Waals surface area (Å²) < 4.78 is 0. The van der Waals surface area contributed by atoms with Gasteiger partial charge in [0.25, 0.3) is 0 Å². The van der Waals surface area contributed by atoms with E-state index >= 15 is 0 Å². The predicted molar refractivity (Wildman–Crippen MR) is 92.3 cm³/mol. The van der Waals surface area contributed by atoms with Crippen LogP contribution < -0.4 is 12.4 Å². The van der Waals surface area contributed by atoms with Gasteiger partial charge in [-0.05, 0) is 12.1 Å². The fourth-order valence-electron chi connectivity index (χ4n) is 1.74. The maximum Gasteiger partial charge on any atom is 0.0201 e. The molecule has 0 spiro atoms. The number of fused-ring (bicyclic) bond motifs is 2. The summed E-state index contributed by atoms with van der Waals surface area (Å²) in [5.41, 5.74) is 2.03. The van der Waals surface area contributed by atoms with Crippen molar-refractivity contribution in [2.45, 2.75) is 13.1 Å². The molecule has 0 saturated heterocycles. The van der Waals surface area contributed by atoms with Gasteiger partial charge in [0.05, 0.1) is 0 Å². The number of hydrogen-bond acceptors (Lipinski definition) is 1. The molecule has 0 atom stereocenters. The second-order valence-electron chi connectivity index (χ2n) is 4.22. The molecule has 1 aromatic heterocycles.